The maximum absolute atomic E-state index is 14.7. The van der Waals surface area contributed by atoms with Crippen LogP contribution in [-0.2, 0) is 0 Å². The van der Waals surface area contributed by atoms with E-state index in [0.29, 0.717) is 17.0 Å². The van der Waals surface area contributed by atoms with Crippen LogP contribution in [0.1, 0.15) is 56.9 Å². The highest BCUT2D eigenvalue weighted by Crippen LogP contribution is 2.47. The molecule has 3 heteroatoms. The third kappa shape index (κ3) is 3.41. The van der Waals surface area contributed by atoms with E-state index in [0.717, 1.165) is 48.3 Å². The van der Waals surface area contributed by atoms with Crippen LogP contribution in [0.4, 0.5) is 13.2 Å². The number of benzene rings is 2. The molecule has 138 valence electrons. The van der Waals surface area contributed by atoms with Crippen molar-refractivity contribution in [2.75, 3.05) is 0 Å². The lowest BCUT2D eigenvalue weighted by Crippen LogP contribution is -2.29. The molecule has 0 amide bonds. The molecule has 0 N–H and O–H groups in total. The predicted octanol–water partition coefficient (Wildman–Crippen LogP) is 7.09. The van der Waals surface area contributed by atoms with Gasteiger partial charge in [-0.25, -0.2) is 13.2 Å². The summed E-state index contributed by atoms with van der Waals surface area (Å²) in [5.41, 5.74) is 1.75. The van der Waals surface area contributed by atoms with Crippen LogP contribution in [0, 0.1) is 35.2 Å². The Hall–Kier alpha value is -1.77. The molecule has 4 atom stereocenters. The lowest BCUT2D eigenvalue weighted by molar-refractivity contribution is 0.124. The molecule has 2 aliphatic rings. The standard InChI is InChI=1S/C23H25F3/c1-14-2-3-16-11-17(5-4-15(16)10-14)18-6-8-20(22(25)12-18)19-7-9-21(24)23(26)13-19/h6-9,12-17H,2-5,10-11H2,1H3. The Morgan fingerprint density at radius 2 is 1.50 bits per heavy atom. The molecule has 0 aromatic heterocycles. The molecule has 2 fully saturated rings. The summed E-state index contributed by atoms with van der Waals surface area (Å²) in [5.74, 6) is 0.673. The zero-order chi connectivity index (χ0) is 18.3. The Morgan fingerprint density at radius 3 is 2.27 bits per heavy atom. The van der Waals surface area contributed by atoms with Crippen molar-refractivity contribution in [1.29, 1.82) is 0 Å². The van der Waals surface area contributed by atoms with Crippen molar-refractivity contribution in [2.45, 2.75) is 51.4 Å². The van der Waals surface area contributed by atoms with Gasteiger partial charge in [0.2, 0.25) is 0 Å². The second-order valence-corrected chi connectivity index (χ2v) is 8.32. The monoisotopic (exact) mass is 358 g/mol. The molecule has 0 radical (unpaired) electrons. The fourth-order valence-electron chi connectivity index (χ4n) is 5.11. The van der Waals surface area contributed by atoms with Crippen molar-refractivity contribution < 1.29 is 13.2 Å². The minimum Gasteiger partial charge on any atom is -0.206 e. The van der Waals surface area contributed by atoms with E-state index in [2.05, 4.69) is 6.92 Å². The molecule has 26 heavy (non-hydrogen) atoms. The van der Waals surface area contributed by atoms with Crippen LogP contribution in [-0.4, -0.2) is 0 Å². The smallest absolute Gasteiger partial charge is 0.159 e. The molecule has 2 aliphatic carbocycles. The SMILES string of the molecule is CC1CCC2CC(c3ccc(-c4ccc(F)c(F)c4)c(F)c3)CCC2C1. The normalized spacial score (nSPS) is 28.6. The fraction of sp³-hybridized carbons (Fsp3) is 0.478. The Kier molecular flexibility index (Phi) is 4.81. The van der Waals surface area contributed by atoms with Crippen LogP contribution in [0.25, 0.3) is 11.1 Å². The third-order valence-corrected chi connectivity index (χ3v) is 6.57. The van der Waals surface area contributed by atoms with Crippen molar-refractivity contribution >= 4 is 0 Å². The van der Waals surface area contributed by atoms with Crippen molar-refractivity contribution in [1.82, 2.24) is 0 Å². The van der Waals surface area contributed by atoms with Gasteiger partial charge in [0.05, 0.1) is 0 Å². The van der Waals surface area contributed by atoms with Gasteiger partial charge >= 0.3 is 0 Å². The maximum Gasteiger partial charge on any atom is 0.159 e. The maximum atomic E-state index is 14.7. The molecule has 4 unspecified atom stereocenters. The first-order valence-corrected chi connectivity index (χ1v) is 9.76. The average Bonchev–Trinajstić information content (AvgIpc) is 2.63. The van der Waals surface area contributed by atoms with Gasteiger partial charge in [0.25, 0.3) is 0 Å². The fourth-order valence-corrected chi connectivity index (χ4v) is 5.11. The Bertz CT molecular complexity index is 798. The lowest BCUT2D eigenvalue weighted by atomic mass is 9.64. The van der Waals surface area contributed by atoms with Crippen LogP contribution in [0.5, 0.6) is 0 Å². The van der Waals surface area contributed by atoms with Gasteiger partial charge in [-0.15, -0.1) is 0 Å². The van der Waals surface area contributed by atoms with Gasteiger partial charge in [0.1, 0.15) is 5.82 Å². The van der Waals surface area contributed by atoms with E-state index in [1.807, 2.05) is 6.07 Å². The molecular weight excluding hydrogens is 333 g/mol. The average molecular weight is 358 g/mol. The van der Waals surface area contributed by atoms with Gasteiger partial charge in [-0.1, -0.05) is 31.5 Å². The van der Waals surface area contributed by atoms with E-state index >= 15 is 0 Å². The summed E-state index contributed by atoms with van der Waals surface area (Å²) < 4.78 is 41.3. The van der Waals surface area contributed by atoms with Gasteiger partial charge in [0.15, 0.2) is 11.6 Å². The van der Waals surface area contributed by atoms with Crippen molar-refractivity contribution in [3.63, 3.8) is 0 Å². The van der Waals surface area contributed by atoms with Gasteiger partial charge in [-0.05, 0) is 85.1 Å². The molecule has 0 heterocycles. The van der Waals surface area contributed by atoms with Crippen molar-refractivity contribution in [2.24, 2.45) is 17.8 Å². The highest BCUT2D eigenvalue weighted by molar-refractivity contribution is 5.64. The van der Waals surface area contributed by atoms with Crippen LogP contribution in [0.2, 0.25) is 0 Å². The largest absolute Gasteiger partial charge is 0.206 e. The number of hydrogen-bond donors (Lipinski definition) is 0. The van der Waals surface area contributed by atoms with E-state index in [1.165, 1.54) is 31.7 Å². The van der Waals surface area contributed by atoms with E-state index < -0.39 is 11.6 Å². The number of rotatable bonds is 2. The summed E-state index contributed by atoms with van der Waals surface area (Å²) >= 11 is 0. The first-order valence-electron chi connectivity index (χ1n) is 9.76. The quantitative estimate of drug-likeness (QED) is 0.537. The van der Waals surface area contributed by atoms with Crippen LogP contribution >= 0.6 is 0 Å². The number of halogens is 3. The van der Waals surface area contributed by atoms with Crippen molar-refractivity contribution in [3.8, 4) is 11.1 Å². The summed E-state index contributed by atoms with van der Waals surface area (Å²) in [5, 5.41) is 0. The van der Waals surface area contributed by atoms with Crippen molar-refractivity contribution in [3.05, 3.63) is 59.4 Å². The topological polar surface area (TPSA) is 0 Å². The molecule has 4 rings (SSSR count). The van der Waals surface area contributed by atoms with E-state index in [4.69, 9.17) is 0 Å². The molecule has 0 spiro atoms. The molecule has 0 saturated heterocycles. The Morgan fingerprint density at radius 1 is 0.731 bits per heavy atom. The third-order valence-electron chi connectivity index (χ3n) is 6.57. The van der Waals surface area contributed by atoms with E-state index in [9.17, 15) is 13.2 Å². The highest BCUT2D eigenvalue weighted by Gasteiger charge is 2.34. The summed E-state index contributed by atoms with van der Waals surface area (Å²) in [6.07, 6.45) is 7.49. The second-order valence-electron chi connectivity index (χ2n) is 8.32. The first-order chi connectivity index (χ1) is 12.5. The zero-order valence-corrected chi connectivity index (χ0v) is 15.2. The number of fused-ring (bicyclic) bond motifs is 1. The minimum atomic E-state index is -0.948. The summed E-state index contributed by atoms with van der Waals surface area (Å²) in [7, 11) is 0. The van der Waals surface area contributed by atoms with E-state index in [-0.39, 0.29) is 5.82 Å². The summed E-state index contributed by atoms with van der Waals surface area (Å²) in [4.78, 5) is 0. The van der Waals surface area contributed by atoms with Gasteiger partial charge in [-0.3, -0.25) is 0 Å². The highest BCUT2D eigenvalue weighted by atomic mass is 19.2. The van der Waals surface area contributed by atoms with Crippen LogP contribution < -0.4 is 0 Å². The summed E-state index contributed by atoms with van der Waals surface area (Å²) in [6.45, 7) is 2.36. The Balaban J connectivity index is 1.53. The summed E-state index contributed by atoms with van der Waals surface area (Å²) in [6, 6.07) is 8.81. The molecule has 0 aliphatic heterocycles. The first kappa shape index (κ1) is 17.6. The predicted molar refractivity (Wildman–Crippen MR) is 98.3 cm³/mol. The molecule has 2 aromatic rings. The van der Waals surface area contributed by atoms with Gasteiger partial charge < -0.3 is 0 Å². The number of hydrogen-bond acceptors (Lipinski definition) is 0. The minimum absolute atomic E-state index is 0.327. The molecular formula is C23H25F3. The molecule has 0 bridgehead atoms. The zero-order valence-electron chi connectivity index (χ0n) is 15.2. The lowest BCUT2D eigenvalue weighted by Gasteiger charge is -2.41. The van der Waals surface area contributed by atoms with Gasteiger partial charge in [0, 0.05) is 5.56 Å². The molecule has 2 saturated carbocycles. The second kappa shape index (κ2) is 7.09. The van der Waals surface area contributed by atoms with Crippen LogP contribution in [0.3, 0.4) is 0 Å². The molecule has 2 aromatic carbocycles. The van der Waals surface area contributed by atoms with E-state index in [1.54, 1.807) is 12.1 Å². The Labute approximate surface area is 153 Å². The van der Waals surface area contributed by atoms with Crippen LogP contribution in [0.15, 0.2) is 36.4 Å². The van der Waals surface area contributed by atoms with Gasteiger partial charge in [-0.2, -0.15) is 0 Å². The molecule has 0 nitrogen and oxygen atoms in total.